The number of benzene rings is 2. The van der Waals surface area contributed by atoms with Crippen molar-refractivity contribution in [1.82, 2.24) is 20.4 Å². The average Bonchev–Trinajstić information content (AvgIpc) is 3.46. The van der Waals surface area contributed by atoms with Crippen molar-refractivity contribution >= 4 is 28.2 Å². The van der Waals surface area contributed by atoms with Crippen LogP contribution in [0.5, 0.6) is 0 Å². The lowest BCUT2D eigenvalue weighted by Gasteiger charge is -2.35. The van der Waals surface area contributed by atoms with Crippen molar-refractivity contribution in [3.8, 4) is 11.1 Å². The van der Waals surface area contributed by atoms with Gasteiger partial charge in [-0.1, -0.05) is 18.2 Å². The number of aromatic amines is 1. The van der Waals surface area contributed by atoms with E-state index in [4.69, 9.17) is 5.11 Å². The minimum Gasteiger partial charge on any atom is -0.481 e. The first-order chi connectivity index (χ1) is 15.6. The Labute approximate surface area is 188 Å². The fraction of sp³-hybridized carbons (Fsp3) is 0.250. The number of carbonyl (C=O) groups is 1. The Hall–Kier alpha value is -3.07. The summed E-state index contributed by atoms with van der Waals surface area (Å²) in [5.41, 5.74) is 3.74. The molecule has 3 heterocycles. The molecule has 0 bridgehead atoms. The summed E-state index contributed by atoms with van der Waals surface area (Å²) < 4.78 is 14.8. The number of carboxylic acid groups (broad SMARTS) is 1. The third-order valence-corrected chi connectivity index (χ3v) is 6.91. The van der Waals surface area contributed by atoms with Crippen molar-refractivity contribution < 1.29 is 14.3 Å². The first kappa shape index (κ1) is 20.8. The molecule has 1 atom stereocenters. The van der Waals surface area contributed by atoms with E-state index in [1.807, 2.05) is 24.3 Å². The fourth-order valence-corrected chi connectivity index (χ4v) is 5.18. The Kier molecular flexibility index (Phi) is 5.73. The standard InChI is InChI=1S/C24H23FN4O2S/c25-19-5-3-15(16-4-6-20-18(11-16)21(28-27-20)12-24(30)31)10-17(19)14-29-8-7-26-13-22(29)23-2-1-9-32-23/h1-6,9-11,22,26H,7-8,12-14H2,(H,27,28)(H,30,31). The quantitative estimate of drug-likeness (QED) is 0.410. The minimum absolute atomic E-state index is 0.148. The zero-order valence-electron chi connectivity index (χ0n) is 17.3. The van der Waals surface area contributed by atoms with Gasteiger partial charge in [-0.25, -0.2) is 4.39 Å². The van der Waals surface area contributed by atoms with Gasteiger partial charge in [0.25, 0.3) is 0 Å². The van der Waals surface area contributed by atoms with Crippen LogP contribution in [0, 0.1) is 5.82 Å². The number of hydrogen-bond donors (Lipinski definition) is 3. The predicted octanol–water partition coefficient (Wildman–Crippen LogP) is 4.20. The Balaban J connectivity index is 1.45. The summed E-state index contributed by atoms with van der Waals surface area (Å²) in [6, 6.07) is 15.4. The van der Waals surface area contributed by atoms with E-state index in [1.54, 1.807) is 17.4 Å². The lowest BCUT2D eigenvalue weighted by molar-refractivity contribution is -0.136. The number of hydrogen-bond acceptors (Lipinski definition) is 5. The van der Waals surface area contributed by atoms with Gasteiger partial charge >= 0.3 is 5.97 Å². The second kappa shape index (κ2) is 8.82. The van der Waals surface area contributed by atoms with Gasteiger partial charge in [0.05, 0.1) is 23.7 Å². The van der Waals surface area contributed by atoms with E-state index in [9.17, 15) is 9.18 Å². The highest BCUT2D eigenvalue weighted by Gasteiger charge is 2.25. The monoisotopic (exact) mass is 450 g/mol. The molecule has 5 rings (SSSR count). The molecule has 1 fully saturated rings. The Bertz CT molecular complexity index is 1250. The zero-order chi connectivity index (χ0) is 22.1. The van der Waals surface area contributed by atoms with Crippen LogP contribution in [0.25, 0.3) is 22.0 Å². The number of nitrogens with one attached hydrogen (secondary N) is 2. The summed E-state index contributed by atoms with van der Waals surface area (Å²) in [4.78, 5) is 14.8. The van der Waals surface area contributed by atoms with Crippen LogP contribution in [0.4, 0.5) is 4.39 Å². The lowest BCUT2D eigenvalue weighted by atomic mass is 9.99. The second-order valence-corrected chi connectivity index (χ2v) is 8.99. The maximum atomic E-state index is 14.8. The number of carboxylic acids is 1. The molecule has 6 nitrogen and oxygen atoms in total. The summed E-state index contributed by atoms with van der Waals surface area (Å²) in [7, 11) is 0. The highest BCUT2D eigenvalue weighted by Crippen LogP contribution is 2.31. The van der Waals surface area contributed by atoms with Crippen molar-refractivity contribution in [3.05, 3.63) is 75.9 Å². The maximum absolute atomic E-state index is 14.8. The van der Waals surface area contributed by atoms with Gasteiger partial charge in [0.15, 0.2) is 0 Å². The summed E-state index contributed by atoms with van der Waals surface area (Å²) >= 11 is 1.73. The number of aliphatic carboxylic acids is 1. The molecule has 2 aromatic carbocycles. The molecule has 1 saturated heterocycles. The number of nitrogens with zero attached hydrogens (tertiary/aromatic N) is 2. The lowest BCUT2D eigenvalue weighted by Crippen LogP contribution is -2.45. The molecule has 32 heavy (non-hydrogen) atoms. The highest BCUT2D eigenvalue weighted by atomic mass is 32.1. The molecule has 1 aliphatic rings. The van der Waals surface area contributed by atoms with E-state index in [0.29, 0.717) is 17.8 Å². The Morgan fingerprint density at radius 1 is 1.22 bits per heavy atom. The van der Waals surface area contributed by atoms with Gasteiger partial charge in [0, 0.05) is 42.0 Å². The van der Waals surface area contributed by atoms with Gasteiger partial charge in [-0.3, -0.25) is 14.8 Å². The SMILES string of the molecule is O=C(O)Cc1n[nH]c2ccc(-c3ccc(F)c(CN4CCNCC4c4cccs4)c3)cc12. The third-order valence-electron chi connectivity index (χ3n) is 5.94. The molecule has 0 aliphatic carbocycles. The maximum Gasteiger partial charge on any atom is 0.309 e. The molecule has 2 aromatic heterocycles. The predicted molar refractivity (Wildman–Crippen MR) is 123 cm³/mol. The number of aromatic nitrogens is 2. The Morgan fingerprint density at radius 2 is 2.06 bits per heavy atom. The summed E-state index contributed by atoms with van der Waals surface area (Å²) in [5.74, 6) is -1.14. The zero-order valence-corrected chi connectivity index (χ0v) is 18.2. The van der Waals surface area contributed by atoms with Crippen molar-refractivity contribution in [2.45, 2.75) is 19.0 Å². The van der Waals surface area contributed by atoms with Crippen molar-refractivity contribution in [2.75, 3.05) is 19.6 Å². The Morgan fingerprint density at radius 3 is 2.88 bits per heavy atom. The van der Waals surface area contributed by atoms with Crippen molar-refractivity contribution in [3.63, 3.8) is 0 Å². The number of halogens is 1. The van der Waals surface area contributed by atoms with Crippen LogP contribution in [0.3, 0.4) is 0 Å². The number of thiophene rings is 1. The van der Waals surface area contributed by atoms with Gasteiger partial charge in [-0.15, -0.1) is 11.3 Å². The number of piperazine rings is 1. The molecule has 0 amide bonds. The van der Waals surface area contributed by atoms with Gasteiger partial charge in [-0.05, 0) is 46.8 Å². The third kappa shape index (κ3) is 4.17. The van der Waals surface area contributed by atoms with E-state index in [-0.39, 0.29) is 18.3 Å². The molecule has 4 aromatic rings. The first-order valence-electron chi connectivity index (χ1n) is 10.5. The number of H-pyrrole nitrogens is 1. The average molecular weight is 451 g/mol. The normalized spacial score (nSPS) is 17.1. The van der Waals surface area contributed by atoms with Gasteiger partial charge in [-0.2, -0.15) is 5.10 Å². The van der Waals surface area contributed by atoms with Crippen LogP contribution in [0.2, 0.25) is 0 Å². The van der Waals surface area contributed by atoms with Crippen LogP contribution in [0.1, 0.15) is 22.2 Å². The molecule has 1 aliphatic heterocycles. The van der Waals surface area contributed by atoms with E-state index < -0.39 is 5.97 Å². The van der Waals surface area contributed by atoms with E-state index in [0.717, 1.165) is 41.7 Å². The van der Waals surface area contributed by atoms with Crippen LogP contribution in [-0.4, -0.2) is 45.8 Å². The smallest absolute Gasteiger partial charge is 0.309 e. The van der Waals surface area contributed by atoms with Crippen molar-refractivity contribution in [1.29, 1.82) is 0 Å². The number of fused-ring (bicyclic) bond motifs is 1. The van der Waals surface area contributed by atoms with Gasteiger partial charge < -0.3 is 10.4 Å². The molecule has 0 saturated carbocycles. The molecule has 1 unspecified atom stereocenters. The largest absolute Gasteiger partial charge is 0.481 e. The molecule has 0 spiro atoms. The molecule has 0 radical (unpaired) electrons. The molecule has 3 N–H and O–H groups in total. The molecule has 8 heteroatoms. The van der Waals surface area contributed by atoms with E-state index in [1.165, 1.54) is 10.9 Å². The van der Waals surface area contributed by atoms with E-state index >= 15 is 0 Å². The first-order valence-corrected chi connectivity index (χ1v) is 11.4. The van der Waals surface area contributed by atoms with Crippen LogP contribution < -0.4 is 5.32 Å². The molecular formula is C24H23FN4O2S. The van der Waals surface area contributed by atoms with Crippen LogP contribution >= 0.6 is 11.3 Å². The fourth-order valence-electron chi connectivity index (χ4n) is 4.32. The topological polar surface area (TPSA) is 81.2 Å². The number of rotatable bonds is 6. The summed E-state index contributed by atoms with van der Waals surface area (Å²) in [6.07, 6.45) is -0.148. The highest BCUT2D eigenvalue weighted by molar-refractivity contribution is 7.10. The minimum atomic E-state index is -0.927. The van der Waals surface area contributed by atoms with Gasteiger partial charge in [0.1, 0.15) is 5.82 Å². The summed E-state index contributed by atoms with van der Waals surface area (Å²) in [6.45, 7) is 3.12. The second-order valence-electron chi connectivity index (χ2n) is 8.01. The van der Waals surface area contributed by atoms with E-state index in [2.05, 4.69) is 37.9 Å². The molecule has 164 valence electrons. The molecular weight excluding hydrogens is 427 g/mol. The van der Waals surface area contributed by atoms with Crippen molar-refractivity contribution in [2.24, 2.45) is 0 Å². The van der Waals surface area contributed by atoms with Crippen LogP contribution in [0.15, 0.2) is 53.9 Å². The summed E-state index contributed by atoms with van der Waals surface area (Å²) in [5, 5.41) is 22.4. The van der Waals surface area contributed by atoms with Gasteiger partial charge in [0.2, 0.25) is 0 Å². The van der Waals surface area contributed by atoms with Crippen LogP contribution in [-0.2, 0) is 17.8 Å².